The fourth-order valence-corrected chi connectivity index (χ4v) is 4.74. The molecular formula is C24H19F7N4. The molecule has 3 heterocycles. The van der Waals surface area contributed by atoms with Gasteiger partial charge in [0.2, 0.25) is 0 Å². The monoisotopic (exact) mass is 496 g/mol. The molecule has 0 radical (unpaired) electrons. The van der Waals surface area contributed by atoms with E-state index in [1.54, 1.807) is 37.1 Å². The summed E-state index contributed by atoms with van der Waals surface area (Å²) in [7, 11) is 0. The Bertz CT molecular complexity index is 1430. The highest BCUT2D eigenvalue weighted by atomic mass is 19.4. The van der Waals surface area contributed by atoms with E-state index in [4.69, 9.17) is 0 Å². The summed E-state index contributed by atoms with van der Waals surface area (Å²) in [6, 6.07) is 6.33. The molecule has 0 saturated heterocycles. The summed E-state index contributed by atoms with van der Waals surface area (Å²) in [5.74, 6) is -0.426. The van der Waals surface area contributed by atoms with E-state index in [-0.39, 0.29) is 24.7 Å². The van der Waals surface area contributed by atoms with Gasteiger partial charge >= 0.3 is 12.4 Å². The molecule has 4 nitrogen and oxygen atoms in total. The van der Waals surface area contributed by atoms with Gasteiger partial charge in [-0.1, -0.05) is 6.07 Å². The third-order valence-electron chi connectivity index (χ3n) is 6.65. The van der Waals surface area contributed by atoms with Crippen LogP contribution in [0.3, 0.4) is 0 Å². The highest BCUT2D eigenvalue weighted by molar-refractivity contribution is 5.95. The molecular weight excluding hydrogens is 477 g/mol. The molecule has 1 aliphatic heterocycles. The van der Waals surface area contributed by atoms with Crippen LogP contribution in [0.25, 0.3) is 22.2 Å². The highest BCUT2D eigenvalue weighted by Gasteiger charge is 2.43. The number of rotatable bonds is 3. The first kappa shape index (κ1) is 23.4. The molecule has 2 aromatic carbocycles. The molecule has 0 atom stereocenters. The number of alkyl halides is 6. The normalized spacial score (nSPS) is 16.3. The lowest BCUT2D eigenvalue weighted by Crippen LogP contribution is -2.36. The zero-order valence-corrected chi connectivity index (χ0v) is 18.5. The van der Waals surface area contributed by atoms with Crippen molar-refractivity contribution in [2.75, 3.05) is 0 Å². The molecule has 11 heteroatoms. The Morgan fingerprint density at radius 1 is 1.00 bits per heavy atom. The van der Waals surface area contributed by atoms with Crippen LogP contribution < -0.4 is 0 Å². The van der Waals surface area contributed by atoms with Gasteiger partial charge in [0.25, 0.3) is 0 Å². The van der Waals surface area contributed by atoms with Gasteiger partial charge < -0.3 is 4.98 Å². The van der Waals surface area contributed by atoms with Crippen LogP contribution in [-0.4, -0.2) is 20.1 Å². The number of hydrogen-bond donors (Lipinski definition) is 2. The van der Waals surface area contributed by atoms with Crippen molar-refractivity contribution >= 4 is 10.9 Å². The van der Waals surface area contributed by atoms with Crippen LogP contribution in [-0.2, 0) is 31.0 Å². The summed E-state index contributed by atoms with van der Waals surface area (Å²) >= 11 is 0. The van der Waals surface area contributed by atoms with Crippen molar-refractivity contribution in [2.45, 2.75) is 44.8 Å². The van der Waals surface area contributed by atoms with Gasteiger partial charge in [-0.15, -0.1) is 0 Å². The molecule has 184 valence electrons. The van der Waals surface area contributed by atoms with E-state index < -0.39 is 34.8 Å². The molecule has 4 aromatic rings. The predicted molar refractivity (Wildman–Crippen MR) is 115 cm³/mol. The van der Waals surface area contributed by atoms with Crippen LogP contribution in [0, 0.1) is 5.82 Å². The second kappa shape index (κ2) is 7.58. The van der Waals surface area contributed by atoms with Gasteiger partial charge in [0, 0.05) is 35.8 Å². The highest BCUT2D eigenvalue weighted by Crippen LogP contribution is 2.45. The lowest BCUT2D eigenvalue weighted by molar-refractivity contribution is -0.143. The van der Waals surface area contributed by atoms with Crippen LogP contribution in [0.15, 0.2) is 42.6 Å². The lowest BCUT2D eigenvalue weighted by atomic mass is 9.97. The zero-order chi connectivity index (χ0) is 25.3. The van der Waals surface area contributed by atoms with Crippen molar-refractivity contribution in [3.63, 3.8) is 0 Å². The molecule has 35 heavy (non-hydrogen) atoms. The van der Waals surface area contributed by atoms with Crippen LogP contribution in [0.1, 0.15) is 41.8 Å². The van der Waals surface area contributed by atoms with Crippen LogP contribution in [0.2, 0.25) is 0 Å². The fraction of sp³-hybridized carbons (Fsp3) is 0.292. The fourth-order valence-electron chi connectivity index (χ4n) is 4.74. The summed E-state index contributed by atoms with van der Waals surface area (Å²) in [5, 5.41) is 7.99. The number of fused-ring (bicyclic) bond motifs is 2. The first-order valence-electron chi connectivity index (χ1n) is 10.6. The third kappa shape index (κ3) is 3.78. The Morgan fingerprint density at radius 2 is 1.74 bits per heavy atom. The van der Waals surface area contributed by atoms with E-state index in [1.165, 1.54) is 6.07 Å². The Kier molecular flexibility index (Phi) is 5.07. The van der Waals surface area contributed by atoms with Crippen molar-refractivity contribution in [2.24, 2.45) is 0 Å². The summed E-state index contributed by atoms with van der Waals surface area (Å²) in [6.07, 6.45) is -8.23. The Hall–Kier alpha value is -3.34. The second-order valence-corrected chi connectivity index (χ2v) is 9.07. The molecule has 0 aliphatic carbocycles. The number of nitrogens with zero attached hydrogens (tertiary/aromatic N) is 2. The van der Waals surface area contributed by atoms with Crippen LogP contribution >= 0.6 is 0 Å². The maximum absolute atomic E-state index is 14.1. The standard InChI is InChI=1S/C24H19F7N4/c1-22(2)21-16(19(33-34-21)14-5-6-18(25)20-15(14)7-8-32-20)11-35(22)10-12-3-4-13(23(26,27)28)9-17(12)24(29,30)31/h3-9,32H,10-11H2,1-2H3,(H,33,34). The van der Waals surface area contributed by atoms with Crippen molar-refractivity contribution in [3.05, 3.63) is 76.4 Å². The lowest BCUT2D eigenvalue weighted by Gasteiger charge is -2.32. The number of halogens is 7. The number of H-pyrrole nitrogens is 2. The second-order valence-electron chi connectivity index (χ2n) is 9.07. The molecule has 5 rings (SSSR count). The maximum Gasteiger partial charge on any atom is 0.416 e. The van der Waals surface area contributed by atoms with Gasteiger partial charge in [0.05, 0.1) is 33.6 Å². The van der Waals surface area contributed by atoms with E-state index >= 15 is 0 Å². The van der Waals surface area contributed by atoms with Crippen molar-refractivity contribution in [1.82, 2.24) is 20.1 Å². The van der Waals surface area contributed by atoms with Crippen molar-refractivity contribution < 1.29 is 30.7 Å². The molecule has 0 fully saturated rings. The van der Waals surface area contributed by atoms with Crippen LogP contribution in [0.4, 0.5) is 30.7 Å². The minimum Gasteiger partial charge on any atom is -0.359 e. The summed E-state index contributed by atoms with van der Waals surface area (Å²) in [4.78, 5) is 4.59. The first-order valence-corrected chi connectivity index (χ1v) is 10.6. The van der Waals surface area contributed by atoms with Crippen LogP contribution in [0.5, 0.6) is 0 Å². The number of hydrogen-bond acceptors (Lipinski definition) is 2. The summed E-state index contributed by atoms with van der Waals surface area (Å²) < 4.78 is 94.4. The molecule has 0 saturated carbocycles. The molecule has 2 aromatic heterocycles. The summed E-state index contributed by atoms with van der Waals surface area (Å²) in [6.45, 7) is 3.57. The summed E-state index contributed by atoms with van der Waals surface area (Å²) in [5.41, 5.74) is -0.774. The quantitative estimate of drug-likeness (QED) is 0.301. The van der Waals surface area contributed by atoms with Gasteiger partial charge in [0.15, 0.2) is 0 Å². The van der Waals surface area contributed by atoms with Crippen molar-refractivity contribution in [1.29, 1.82) is 0 Å². The SMILES string of the molecule is CC1(C)c2[nH]nc(-c3ccc(F)c4[nH]ccc34)c2CN1Cc1ccc(C(F)(F)F)cc1C(F)(F)F. The zero-order valence-electron chi connectivity index (χ0n) is 18.5. The number of nitrogens with one attached hydrogen (secondary N) is 2. The Balaban J connectivity index is 1.53. The minimum atomic E-state index is -4.95. The van der Waals surface area contributed by atoms with Crippen molar-refractivity contribution in [3.8, 4) is 11.3 Å². The average molecular weight is 496 g/mol. The third-order valence-corrected chi connectivity index (χ3v) is 6.65. The predicted octanol–water partition coefficient (Wildman–Crippen LogP) is 6.99. The van der Waals surface area contributed by atoms with Gasteiger partial charge in [-0.2, -0.15) is 31.4 Å². The Labute approximate surface area is 194 Å². The molecule has 0 unspecified atom stereocenters. The minimum absolute atomic E-state index is 0.159. The van der Waals surface area contributed by atoms with Gasteiger partial charge in [0.1, 0.15) is 5.82 Å². The molecule has 0 amide bonds. The van der Waals surface area contributed by atoms with Gasteiger partial charge in [-0.25, -0.2) is 4.39 Å². The number of benzene rings is 2. The first-order chi connectivity index (χ1) is 16.3. The molecule has 0 bridgehead atoms. The molecule has 2 N–H and O–H groups in total. The topological polar surface area (TPSA) is 47.7 Å². The largest absolute Gasteiger partial charge is 0.416 e. The van der Waals surface area contributed by atoms with E-state index in [1.807, 2.05) is 0 Å². The van der Waals surface area contributed by atoms with E-state index in [0.29, 0.717) is 33.9 Å². The molecule has 1 aliphatic rings. The van der Waals surface area contributed by atoms with E-state index in [9.17, 15) is 30.7 Å². The molecule has 0 spiro atoms. The number of aromatic nitrogens is 3. The number of aromatic amines is 2. The smallest absolute Gasteiger partial charge is 0.359 e. The maximum atomic E-state index is 14.1. The van der Waals surface area contributed by atoms with E-state index in [0.717, 1.165) is 11.6 Å². The Morgan fingerprint density at radius 3 is 2.43 bits per heavy atom. The van der Waals surface area contributed by atoms with E-state index in [2.05, 4.69) is 15.2 Å². The average Bonchev–Trinajstić information content (AvgIpc) is 3.45. The van der Waals surface area contributed by atoms with Gasteiger partial charge in [-0.3, -0.25) is 10.00 Å². The van der Waals surface area contributed by atoms with Gasteiger partial charge in [-0.05, 0) is 49.7 Å².